The van der Waals surface area contributed by atoms with Crippen molar-refractivity contribution < 1.29 is 24.3 Å². The lowest BCUT2D eigenvalue weighted by atomic mass is 10.1. The maximum atomic E-state index is 12.6. The van der Waals surface area contributed by atoms with Gasteiger partial charge in [0.1, 0.15) is 18.1 Å². The van der Waals surface area contributed by atoms with Crippen LogP contribution in [0, 0.1) is 0 Å². The first-order valence-corrected chi connectivity index (χ1v) is 10.1. The molecule has 0 bridgehead atoms. The molecule has 1 fully saturated rings. The summed E-state index contributed by atoms with van der Waals surface area (Å²) in [5, 5.41) is 14.3. The molecule has 0 aromatic heterocycles. The Morgan fingerprint density at radius 1 is 1.21 bits per heavy atom. The van der Waals surface area contributed by atoms with Gasteiger partial charge in [-0.2, -0.15) is 12.6 Å². The first-order chi connectivity index (χ1) is 13.2. The lowest BCUT2D eigenvalue weighted by molar-refractivity contribution is -0.143. The molecule has 3 amide bonds. The number of carboxylic acid groups (broad SMARTS) is 1. The minimum absolute atomic E-state index is 0.0132. The summed E-state index contributed by atoms with van der Waals surface area (Å²) in [4.78, 5) is 49.9. The number of likely N-dealkylation sites (tertiary alicyclic amines) is 1. The molecule has 1 saturated heterocycles. The lowest BCUT2D eigenvalue weighted by Crippen LogP contribution is -2.57. The predicted octanol–water partition coefficient (Wildman–Crippen LogP) is -1.56. The molecule has 0 saturated carbocycles. The molecule has 1 heterocycles. The zero-order valence-corrected chi connectivity index (χ0v) is 17.0. The highest BCUT2D eigenvalue weighted by atomic mass is 32.1. The van der Waals surface area contributed by atoms with Gasteiger partial charge in [-0.3, -0.25) is 14.4 Å². The smallest absolute Gasteiger partial charge is 0.326 e. The molecule has 0 spiro atoms. The summed E-state index contributed by atoms with van der Waals surface area (Å²) in [6, 6.07) is -3.50. The van der Waals surface area contributed by atoms with Crippen LogP contribution in [0.5, 0.6) is 0 Å². The van der Waals surface area contributed by atoms with Crippen molar-refractivity contribution in [1.29, 1.82) is 0 Å². The van der Waals surface area contributed by atoms with E-state index in [4.69, 9.17) is 11.5 Å². The van der Waals surface area contributed by atoms with Crippen molar-refractivity contribution in [2.45, 2.75) is 63.2 Å². The number of carbonyl (C=O) groups is 4. The first-order valence-electron chi connectivity index (χ1n) is 9.43. The summed E-state index contributed by atoms with van der Waals surface area (Å²) in [7, 11) is 0. The number of amides is 3. The fourth-order valence-corrected chi connectivity index (χ4v) is 3.31. The number of hydrogen-bond donors (Lipinski definition) is 6. The highest BCUT2D eigenvalue weighted by Crippen LogP contribution is 2.18. The second kappa shape index (κ2) is 11.9. The van der Waals surface area contributed by atoms with Crippen molar-refractivity contribution in [2.75, 3.05) is 18.8 Å². The van der Waals surface area contributed by atoms with E-state index in [2.05, 4.69) is 23.3 Å². The number of hydrogen-bond acceptors (Lipinski definition) is 7. The quantitative estimate of drug-likeness (QED) is 0.174. The Kier molecular flexibility index (Phi) is 10.3. The van der Waals surface area contributed by atoms with Crippen molar-refractivity contribution in [3.8, 4) is 0 Å². The van der Waals surface area contributed by atoms with E-state index in [1.165, 1.54) is 4.90 Å². The van der Waals surface area contributed by atoms with Gasteiger partial charge < -0.3 is 32.1 Å². The van der Waals surface area contributed by atoms with Crippen LogP contribution in [0.2, 0.25) is 0 Å². The molecule has 1 aliphatic rings. The molecule has 1 rings (SSSR count). The van der Waals surface area contributed by atoms with Crippen LogP contribution in [0.15, 0.2) is 0 Å². The maximum Gasteiger partial charge on any atom is 0.326 e. The number of nitrogens with two attached hydrogens (primary N) is 2. The van der Waals surface area contributed by atoms with E-state index in [1.54, 1.807) is 6.92 Å². The van der Waals surface area contributed by atoms with Crippen LogP contribution in [0.4, 0.5) is 0 Å². The summed E-state index contributed by atoms with van der Waals surface area (Å²) < 4.78 is 0. The second-order valence-corrected chi connectivity index (χ2v) is 7.27. The molecule has 28 heavy (non-hydrogen) atoms. The van der Waals surface area contributed by atoms with Gasteiger partial charge in [0.15, 0.2) is 0 Å². The molecule has 1 aliphatic heterocycles. The Hall–Kier alpha value is -1.85. The van der Waals surface area contributed by atoms with Crippen LogP contribution in [-0.2, 0) is 19.2 Å². The fraction of sp³-hybridized carbons (Fsp3) is 0.765. The molecular formula is C17H31N5O5S. The van der Waals surface area contributed by atoms with Crippen LogP contribution < -0.4 is 22.1 Å². The van der Waals surface area contributed by atoms with E-state index >= 15 is 0 Å². The van der Waals surface area contributed by atoms with Crippen molar-refractivity contribution in [3.63, 3.8) is 0 Å². The van der Waals surface area contributed by atoms with E-state index in [1.807, 2.05) is 0 Å². The summed E-state index contributed by atoms with van der Waals surface area (Å²) in [6.45, 7) is 2.42. The topological polar surface area (TPSA) is 168 Å². The Morgan fingerprint density at radius 2 is 1.89 bits per heavy atom. The number of carboxylic acids is 1. The zero-order valence-electron chi connectivity index (χ0n) is 16.1. The molecule has 0 aromatic rings. The minimum atomic E-state index is -1.15. The zero-order chi connectivity index (χ0) is 21.3. The number of nitrogens with zero attached hydrogens (tertiary/aromatic N) is 1. The van der Waals surface area contributed by atoms with Crippen molar-refractivity contribution in [2.24, 2.45) is 11.5 Å². The van der Waals surface area contributed by atoms with Gasteiger partial charge in [-0.15, -0.1) is 0 Å². The lowest BCUT2D eigenvalue weighted by Gasteiger charge is -2.27. The average Bonchev–Trinajstić information content (AvgIpc) is 3.13. The summed E-state index contributed by atoms with van der Waals surface area (Å²) >= 11 is 4.09. The van der Waals surface area contributed by atoms with Crippen LogP contribution in [0.1, 0.15) is 39.0 Å². The molecule has 11 heteroatoms. The van der Waals surface area contributed by atoms with Crippen LogP contribution in [0.3, 0.4) is 0 Å². The van der Waals surface area contributed by atoms with E-state index in [0.717, 1.165) is 0 Å². The van der Waals surface area contributed by atoms with Gasteiger partial charge in [-0.05, 0) is 45.6 Å². The summed E-state index contributed by atoms with van der Waals surface area (Å²) in [6.07, 6.45) is 2.59. The molecule has 10 nitrogen and oxygen atoms in total. The average molecular weight is 418 g/mol. The second-order valence-electron chi connectivity index (χ2n) is 6.91. The Morgan fingerprint density at radius 3 is 2.43 bits per heavy atom. The third kappa shape index (κ3) is 6.95. The fourth-order valence-electron chi connectivity index (χ4n) is 3.05. The Bertz CT molecular complexity index is 574. The Balaban J connectivity index is 2.70. The van der Waals surface area contributed by atoms with Crippen LogP contribution in [0.25, 0.3) is 0 Å². The van der Waals surface area contributed by atoms with Gasteiger partial charge in [0, 0.05) is 12.3 Å². The van der Waals surface area contributed by atoms with Crippen LogP contribution >= 0.6 is 12.6 Å². The number of thiol groups is 1. The number of rotatable bonds is 11. The van der Waals surface area contributed by atoms with Crippen molar-refractivity contribution in [1.82, 2.24) is 15.5 Å². The van der Waals surface area contributed by atoms with Gasteiger partial charge in [0.25, 0.3) is 0 Å². The SMILES string of the molecule is CC(N)C(=O)N1CCCC1C(=O)NC(CS)C(=O)NC(CCCCN)C(=O)O. The largest absolute Gasteiger partial charge is 0.480 e. The number of aliphatic carboxylic acids is 1. The Labute approximate surface area is 170 Å². The molecule has 4 atom stereocenters. The molecule has 4 unspecified atom stereocenters. The van der Waals surface area contributed by atoms with Gasteiger partial charge in [-0.1, -0.05) is 0 Å². The third-order valence-electron chi connectivity index (χ3n) is 4.61. The van der Waals surface area contributed by atoms with E-state index in [0.29, 0.717) is 38.8 Å². The third-order valence-corrected chi connectivity index (χ3v) is 4.97. The van der Waals surface area contributed by atoms with Gasteiger partial charge in [0.05, 0.1) is 6.04 Å². The van der Waals surface area contributed by atoms with Gasteiger partial charge >= 0.3 is 5.97 Å². The van der Waals surface area contributed by atoms with Gasteiger partial charge in [-0.25, -0.2) is 4.79 Å². The standard InChI is InChI=1S/C17H31N5O5S/c1-10(19)16(25)22-8-4-6-13(22)15(24)21-12(9-28)14(23)20-11(17(26)27)5-2-3-7-18/h10-13,28H,2-9,18-19H2,1H3,(H,20,23)(H,21,24)(H,26,27). The number of unbranched alkanes of at least 4 members (excludes halogenated alkanes) is 1. The van der Waals surface area contributed by atoms with Crippen molar-refractivity contribution >= 4 is 36.3 Å². The molecule has 0 radical (unpaired) electrons. The summed E-state index contributed by atoms with van der Waals surface area (Å²) in [5.41, 5.74) is 11.0. The molecule has 0 aliphatic carbocycles. The van der Waals surface area contributed by atoms with Gasteiger partial charge in [0.2, 0.25) is 17.7 Å². The summed E-state index contributed by atoms with van der Waals surface area (Å²) in [5.74, 6) is -2.60. The van der Waals surface area contributed by atoms with Crippen LogP contribution in [-0.4, -0.2) is 76.7 Å². The molecular weight excluding hydrogens is 386 g/mol. The molecule has 7 N–H and O–H groups in total. The highest BCUT2D eigenvalue weighted by molar-refractivity contribution is 7.80. The highest BCUT2D eigenvalue weighted by Gasteiger charge is 2.36. The molecule has 0 aromatic carbocycles. The van der Waals surface area contributed by atoms with E-state index in [9.17, 15) is 24.3 Å². The minimum Gasteiger partial charge on any atom is -0.480 e. The normalized spacial score (nSPS) is 19.6. The first kappa shape index (κ1) is 24.2. The van der Waals surface area contributed by atoms with Crippen molar-refractivity contribution in [3.05, 3.63) is 0 Å². The predicted molar refractivity (Wildman–Crippen MR) is 107 cm³/mol. The molecule has 160 valence electrons. The van der Waals surface area contributed by atoms with E-state index < -0.39 is 42.0 Å². The number of carbonyl (C=O) groups excluding carboxylic acids is 3. The maximum absolute atomic E-state index is 12.6. The van der Waals surface area contributed by atoms with E-state index in [-0.39, 0.29) is 18.1 Å². The number of nitrogens with one attached hydrogen (secondary N) is 2. The monoisotopic (exact) mass is 417 g/mol.